The monoisotopic (exact) mass is 295 g/mol. The highest BCUT2D eigenvalue weighted by atomic mass is 16.1. The molecule has 4 heteroatoms. The van der Waals surface area contributed by atoms with E-state index in [2.05, 4.69) is 39.8 Å². The van der Waals surface area contributed by atoms with Crippen LogP contribution in [0.25, 0.3) is 0 Å². The van der Waals surface area contributed by atoms with Gasteiger partial charge in [-0.1, -0.05) is 24.3 Å². The molecule has 4 rings (SSSR count). The van der Waals surface area contributed by atoms with Crippen LogP contribution in [0, 0.1) is 12.8 Å². The average Bonchev–Trinajstić information content (AvgIpc) is 2.87. The van der Waals surface area contributed by atoms with Gasteiger partial charge in [-0.25, -0.2) is 0 Å². The fourth-order valence-corrected chi connectivity index (χ4v) is 4.03. The highest BCUT2D eigenvalue weighted by Crippen LogP contribution is 2.61. The van der Waals surface area contributed by atoms with Crippen LogP contribution >= 0.6 is 0 Å². The maximum Gasteiger partial charge on any atom is 0.226 e. The number of H-pyrrole nitrogens is 1. The van der Waals surface area contributed by atoms with E-state index in [-0.39, 0.29) is 5.91 Å². The lowest BCUT2D eigenvalue weighted by Crippen LogP contribution is -2.29. The molecule has 0 saturated heterocycles. The number of rotatable bonds is 4. The molecule has 1 saturated carbocycles. The van der Waals surface area contributed by atoms with Crippen LogP contribution < -0.4 is 5.32 Å². The van der Waals surface area contributed by atoms with E-state index in [9.17, 15) is 4.79 Å². The predicted octanol–water partition coefficient (Wildman–Crippen LogP) is 2.28. The van der Waals surface area contributed by atoms with E-state index in [1.807, 2.05) is 13.0 Å². The average molecular weight is 295 g/mol. The van der Waals surface area contributed by atoms with Crippen molar-refractivity contribution in [2.45, 2.75) is 38.0 Å². The molecule has 0 radical (unpaired) electrons. The van der Waals surface area contributed by atoms with E-state index in [0.717, 1.165) is 17.9 Å². The first-order valence-corrected chi connectivity index (χ1v) is 8.03. The number of nitrogens with zero attached hydrogens (tertiary/aromatic N) is 1. The topological polar surface area (TPSA) is 57.8 Å². The second kappa shape index (κ2) is 4.97. The first-order valence-electron chi connectivity index (χ1n) is 8.03. The Morgan fingerprint density at radius 2 is 2.32 bits per heavy atom. The molecule has 0 bridgehead atoms. The Kier molecular flexibility index (Phi) is 3.06. The number of carbonyl (C=O) groups excluding carboxylic acids is 1. The van der Waals surface area contributed by atoms with Crippen molar-refractivity contribution in [1.29, 1.82) is 0 Å². The molecule has 2 N–H and O–H groups in total. The van der Waals surface area contributed by atoms with Crippen molar-refractivity contribution in [2.75, 3.05) is 6.54 Å². The zero-order valence-corrected chi connectivity index (χ0v) is 12.9. The minimum atomic E-state index is 0.0693. The van der Waals surface area contributed by atoms with Gasteiger partial charge in [0.25, 0.3) is 0 Å². The summed E-state index contributed by atoms with van der Waals surface area (Å²) in [6.45, 7) is 2.73. The van der Waals surface area contributed by atoms with Gasteiger partial charge in [0.2, 0.25) is 5.91 Å². The molecule has 1 fully saturated rings. The molecule has 2 aromatic rings. The van der Waals surface area contributed by atoms with Crippen molar-refractivity contribution in [3.8, 4) is 0 Å². The van der Waals surface area contributed by atoms with Gasteiger partial charge >= 0.3 is 0 Å². The number of amides is 1. The number of aryl methyl sites for hydroxylation is 2. The summed E-state index contributed by atoms with van der Waals surface area (Å²) in [7, 11) is 0. The van der Waals surface area contributed by atoms with Crippen LogP contribution in [-0.2, 0) is 23.1 Å². The minimum absolute atomic E-state index is 0.0693. The normalized spacial score (nSPS) is 25.2. The molecular weight excluding hydrogens is 274 g/mol. The predicted molar refractivity (Wildman–Crippen MR) is 84.6 cm³/mol. The van der Waals surface area contributed by atoms with Gasteiger partial charge in [-0.15, -0.1) is 0 Å². The second-order valence-electron chi connectivity index (χ2n) is 6.74. The molecule has 1 aromatic heterocycles. The third kappa shape index (κ3) is 2.23. The molecule has 0 aliphatic heterocycles. The molecule has 2 atom stereocenters. The van der Waals surface area contributed by atoms with E-state index in [1.54, 1.807) is 0 Å². The van der Waals surface area contributed by atoms with Gasteiger partial charge in [0.1, 0.15) is 0 Å². The van der Waals surface area contributed by atoms with Crippen LogP contribution in [0.3, 0.4) is 0 Å². The number of benzene rings is 1. The van der Waals surface area contributed by atoms with E-state index in [4.69, 9.17) is 0 Å². The van der Waals surface area contributed by atoms with E-state index < -0.39 is 0 Å². The molecule has 2 aliphatic carbocycles. The van der Waals surface area contributed by atoms with Crippen molar-refractivity contribution < 1.29 is 4.79 Å². The maximum atomic E-state index is 12.0. The van der Waals surface area contributed by atoms with Crippen LogP contribution in [0.1, 0.15) is 35.4 Å². The highest BCUT2D eigenvalue weighted by molar-refractivity contribution is 5.78. The lowest BCUT2D eigenvalue weighted by Gasteiger charge is -2.12. The molecule has 114 valence electrons. The molecule has 1 aromatic carbocycles. The molecule has 1 heterocycles. The number of hydrogen-bond acceptors (Lipinski definition) is 2. The molecule has 2 aliphatic rings. The Bertz CT molecular complexity index is 721. The number of fused-ring (bicyclic) bond motifs is 2. The van der Waals surface area contributed by atoms with Crippen molar-refractivity contribution >= 4 is 5.91 Å². The van der Waals surface area contributed by atoms with Crippen LogP contribution in [0.4, 0.5) is 0 Å². The minimum Gasteiger partial charge on any atom is -0.355 e. The Morgan fingerprint density at radius 3 is 3.14 bits per heavy atom. The number of aromatic amines is 1. The molecule has 1 amide bonds. The molecule has 2 unspecified atom stereocenters. The number of nitrogens with one attached hydrogen (secondary N) is 2. The summed E-state index contributed by atoms with van der Waals surface area (Å²) < 4.78 is 0. The number of carbonyl (C=O) groups is 1. The Labute approximate surface area is 130 Å². The van der Waals surface area contributed by atoms with Gasteiger partial charge in [0.15, 0.2) is 0 Å². The van der Waals surface area contributed by atoms with Gasteiger partial charge < -0.3 is 5.32 Å². The Hall–Kier alpha value is -2.10. The summed E-state index contributed by atoms with van der Waals surface area (Å²) in [5.74, 6) is 0.667. The summed E-state index contributed by atoms with van der Waals surface area (Å²) in [6.07, 6.45) is 4.01. The highest BCUT2D eigenvalue weighted by Gasteiger charge is 2.57. The fraction of sp³-hybridized carbons (Fsp3) is 0.444. The number of hydrogen-bond donors (Lipinski definition) is 2. The number of aromatic nitrogens is 2. The van der Waals surface area contributed by atoms with Crippen LogP contribution in [0.15, 0.2) is 30.3 Å². The van der Waals surface area contributed by atoms with E-state index >= 15 is 0 Å². The summed E-state index contributed by atoms with van der Waals surface area (Å²) in [4.78, 5) is 12.0. The lowest BCUT2D eigenvalue weighted by atomic mass is 9.95. The van der Waals surface area contributed by atoms with Gasteiger partial charge in [-0.3, -0.25) is 9.89 Å². The summed E-state index contributed by atoms with van der Waals surface area (Å²) in [6, 6.07) is 10.7. The first-order chi connectivity index (χ1) is 10.7. The van der Waals surface area contributed by atoms with E-state index in [1.165, 1.54) is 30.4 Å². The first kappa shape index (κ1) is 13.6. The van der Waals surface area contributed by atoms with Crippen molar-refractivity contribution in [1.82, 2.24) is 15.5 Å². The second-order valence-corrected chi connectivity index (χ2v) is 6.74. The van der Waals surface area contributed by atoms with E-state index in [0.29, 0.717) is 17.8 Å². The third-order valence-corrected chi connectivity index (χ3v) is 5.27. The van der Waals surface area contributed by atoms with Crippen LogP contribution in [-0.4, -0.2) is 22.6 Å². The summed E-state index contributed by atoms with van der Waals surface area (Å²) in [5, 5.41) is 10.1. The van der Waals surface area contributed by atoms with Crippen LogP contribution in [0.2, 0.25) is 0 Å². The lowest BCUT2D eigenvalue weighted by molar-refractivity contribution is -0.120. The summed E-state index contributed by atoms with van der Waals surface area (Å²) in [5.41, 5.74) is 5.19. The standard InChI is InChI=1S/C18H21N3O/c1-12-8-15(21-20-12)9-17(22)19-11-14-10-18(14)7-6-13-4-2-3-5-16(13)18/h2-5,8,14H,6-7,9-11H2,1H3,(H,19,22)(H,20,21). The van der Waals surface area contributed by atoms with Crippen molar-refractivity contribution in [3.63, 3.8) is 0 Å². The molecule has 1 spiro atoms. The molecule has 4 nitrogen and oxygen atoms in total. The van der Waals surface area contributed by atoms with Crippen LogP contribution in [0.5, 0.6) is 0 Å². The third-order valence-electron chi connectivity index (χ3n) is 5.27. The fourth-order valence-electron chi connectivity index (χ4n) is 4.03. The maximum absolute atomic E-state index is 12.0. The zero-order chi connectivity index (χ0) is 15.2. The molecular formula is C18H21N3O. The van der Waals surface area contributed by atoms with Crippen molar-refractivity contribution in [2.24, 2.45) is 5.92 Å². The van der Waals surface area contributed by atoms with Gasteiger partial charge in [-0.2, -0.15) is 5.10 Å². The van der Waals surface area contributed by atoms with Gasteiger partial charge in [0, 0.05) is 17.7 Å². The zero-order valence-electron chi connectivity index (χ0n) is 12.9. The molecule has 22 heavy (non-hydrogen) atoms. The van der Waals surface area contributed by atoms with Gasteiger partial charge in [-0.05, 0) is 49.3 Å². The Balaban J connectivity index is 1.34. The smallest absolute Gasteiger partial charge is 0.226 e. The largest absolute Gasteiger partial charge is 0.355 e. The SMILES string of the molecule is Cc1cc(CC(=O)NCC2CC23CCc2ccccc23)n[nH]1. The van der Waals surface area contributed by atoms with Gasteiger partial charge in [0.05, 0.1) is 12.1 Å². The summed E-state index contributed by atoms with van der Waals surface area (Å²) >= 11 is 0. The Morgan fingerprint density at radius 1 is 1.45 bits per heavy atom. The quantitative estimate of drug-likeness (QED) is 0.909. The van der Waals surface area contributed by atoms with Crippen molar-refractivity contribution in [3.05, 3.63) is 52.8 Å².